The second kappa shape index (κ2) is 7.37. The van der Waals surface area contributed by atoms with E-state index in [1.807, 2.05) is 0 Å². The molecule has 0 aromatic heterocycles. The largest absolute Gasteiger partial charge is 0.755 e. The Balaban J connectivity index is 2.98. The average molecular weight is 299 g/mol. The van der Waals surface area contributed by atoms with E-state index in [4.69, 9.17) is 5.11 Å². The molecule has 20 heavy (non-hydrogen) atoms. The van der Waals surface area contributed by atoms with Crippen LogP contribution in [-0.4, -0.2) is 42.8 Å². The zero-order valence-electron chi connectivity index (χ0n) is 11.5. The van der Waals surface area contributed by atoms with Gasteiger partial charge in [0.1, 0.15) is 6.04 Å². The molecule has 2 unspecified atom stereocenters. The smallest absolute Gasteiger partial charge is 0.320 e. The summed E-state index contributed by atoms with van der Waals surface area (Å²) in [5.41, 5.74) is 1.42. The minimum Gasteiger partial charge on any atom is -0.755 e. The molecule has 1 saturated heterocycles. The second-order valence-electron chi connectivity index (χ2n) is 4.51. The summed E-state index contributed by atoms with van der Waals surface area (Å²) in [6.07, 6.45) is 5.61. The minimum atomic E-state index is -2.40. The maximum absolute atomic E-state index is 11.3. The van der Waals surface area contributed by atoms with Crippen LogP contribution in [0.3, 0.4) is 0 Å². The van der Waals surface area contributed by atoms with Gasteiger partial charge in [0.2, 0.25) is 0 Å². The first-order chi connectivity index (χ1) is 9.40. The summed E-state index contributed by atoms with van der Waals surface area (Å²) in [5.74, 6) is -0.967. The number of piperidine rings is 1. The Morgan fingerprint density at radius 3 is 2.80 bits per heavy atom. The maximum atomic E-state index is 11.3. The van der Waals surface area contributed by atoms with Gasteiger partial charge in [-0.05, 0) is 25.8 Å². The Bertz CT molecular complexity index is 473. The lowest BCUT2D eigenvalue weighted by atomic mass is 9.97. The predicted octanol–water partition coefficient (Wildman–Crippen LogP) is 0.934. The molecule has 0 spiro atoms. The number of aliphatic carboxylic acids is 1. The quantitative estimate of drug-likeness (QED) is 0.737. The number of hydrogen-bond acceptors (Lipinski definition) is 4. The van der Waals surface area contributed by atoms with E-state index >= 15 is 0 Å². The number of nitrogens with one attached hydrogen (secondary N) is 1. The molecular weight excluding hydrogens is 280 g/mol. The Kier molecular flexibility index (Phi) is 6.12. The lowest BCUT2D eigenvalue weighted by Crippen LogP contribution is -2.50. The first-order valence-corrected chi connectivity index (χ1v) is 7.27. The molecule has 0 amide bonds. The van der Waals surface area contributed by atoms with Crippen molar-refractivity contribution in [2.75, 3.05) is 6.54 Å². The summed E-state index contributed by atoms with van der Waals surface area (Å²) in [5, 5.41) is 11.8. The molecule has 0 bridgehead atoms. The van der Waals surface area contributed by atoms with E-state index in [9.17, 15) is 13.6 Å². The van der Waals surface area contributed by atoms with Crippen LogP contribution in [0, 0.1) is 0 Å². The number of rotatable bonds is 5. The van der Waals surface area contributed by atoms with Gasteiger partial charge in [-0.25, -0.2) is 0 Å². The summed E-state index contributed by atoms with van der Waals surface area (Å²) in [4.78, 5) is 10.9. The number of carboxylic acids is 1. The summed E-state index contributed by atoms with van der Waals surface area (Å²) >= 11 is -2.40. The number of nitrogens with zero attached hydrogens (tertiary/aromatic N) is 1. The van der Waals surface area contributed by atoms with E-state index in [1.54, 1.807) is 25.2 Å². The molecule has 1 aliphatic heterocycles. The molecule has 0 radical (unpaired) electrons. The lowest BCUT2D eigenvalue weighted by Gasteiger charge is -2.39. The average Bonchev–Trinajstić information content (AvgIpc) is 2.38. The van der Waals surface area contributed by atoms with Crippen LogP contribution in [0.15, 0.2) is 36.1 Å². The molecule has 7 heteroatoms. The van der Waals surface area contributed by atoms with Crippen molar-refractivity contribution in [3.63, 3.8) is 0 Å². The van der Waals surface area contributed by atoms with Crippen molar-refractivity contribution in [1.82, 2.24) is 9.62 Å². The van der Waals surface area contributed by atoms with Crippen molar-refractivity contribution in [2.45, 2.75) is 32.4 Å². The van der Waals surface area contributed by atoms with Crippen LogP contribution in [0.2, 0.25) is 0 Å². The molecule has 1 heterocycles. The third-order valence-electron chi connectivity index (χ3n) is 3.08. The Hall–Kier alpha value is -1.44. The van der Waals surface area contributed by atoms with Gasteiger partial charge >= 0.3 is 5.97 Å². The van der Waals surface area contributed by atoms with Gasteiger partial charge in [-0.15, -0.1) is 0 Å². The van der Waals surface area contributed by atoms with Crippen LogP contribution >= 0.6 is 0 Å². The first-order valence-electron chi connectivity index (χ1n) is 6.24. The molecule has 6 nitrogen and oxygen atoms in total. The SMILES string of the molecule is C=C/C=C1/C[C@@H](NC(C)C(=O)O)CN(S(=O)[O-])/C1=C/C. The van der Waals surface area contributed by atoms with Crippen LogP contribution in [-0.2, 0) is 16.1 Å². The van der Waals surface area contributed by atoms with E-state index in [0.29, 0.717) is 12.1 Å². The molecular formula is C13H19N2O4S-. The fraction of sp³-hybridized carbons (Fsp3) is 0.462. The van der Waals surface area contributed by atoms with Gasteiger partial charge in [0.15, 0.2) is 0 Å². The molecule has 1 aliphatic rings. The minimum absolute atomic E-state index is 0.210. The van der Waals surface area contributed by atoms with Gasteiger partial charge in [0.05, 0.1) is 0 Å². The van der Waals surface area contributed by atoms with Crippen molar-refractivity contribution >= 4 is 17.2 Å². The molecule has 0 aliphatic carbocycles. The second-order valence-corrected chi connectivity index (χ2v) is 5.38. The van der Waals surface area contributed by atoms with Crippen molar-refractivity contribution in [3.05, 3.63) is 36.1 Å². The van der Waals surface area contributed by atoms with Gasteiger partial charge in [0.25, 0.3) is 0 Å². The molecule has 2 N–H and O–H groups in total. The maximum Gasteiger partial charge on any atom is 0.320 e. The molecule has 0 saturated carbocycles. The van der Waals surface area contributed by atoms with Crippen LogP contribution in [0.5, 0.6) is 0 Å². The van der Waals surface area contributed by atoms with Crippen molar-refractivity contribution in [1.29, 1.82) is 0 Å². The van der Waals surface area contributed by atoms with Crippen LogP contribution in [0.1, 0.15) is 20.3 Å². The molecule has 3 atom stereocenters. The van der Waals surface area contributed by atoms with Crippen LogP contribution in [0.4, 0.5) is 0 Å². The normalized spacial score (nSPS) is 26.6. The van der Waals surface area contributed by atoms with Gasteiger partial charge in [-0.1, -0.05) is 24.8 Å². The van der Waals surface area contributed by atoms with Crippen molar-refractivity contribution in [2.24, 2.45) is 0 Å². The first kappa shape index (κ1) is 16.6. The summed E-state index contributed by atoms with van der Waals surface area (Å²) in [6, 6.07) is -0.993. The number of carbonyl (C=O) groups is 1. The Morgan fingerprint density at radius 2 is 2.35 bits per heavy atom. The molecule has 1 rings (SSSR count). The highest BCUT2D eigenvalue weighted by molar-refractivity contribution is 7.76. The third-order valence-corrected chi connectivity index (χ3v) is 3.78. The standard InChI is InChI=1S/C13H20N2O4S/c1-4-6-10-7-11(14-9(3)13(16)17)8-15(20(18)19)12(10)5-2/h4-6,9,11,14H,1,7-8H2,2-3H3,(H,16,17)(H,18,19)/p-1/b10-6-,12-5+/t9?,11-/m1/s1. The van der Waals surface area contributed by atoms with Crippen LogP contribution in [0.25, 0.3) is 0 Å². The molecule has 1 fully saturated rings. The fourth-order valence-electron chi connectivity index (χ4n) is 2.20. The number of allylic oxidation sites excluding steroid dienone is 4. The zero-order chi connectivity index (χ0) is 15.3. The fourth-order valence-corrected chi connectivity index (χ4v) is 2.88. The van der Waals surface area contributed by atoms with Gasteiger partial charge in [-0.3, -0.25) is 14.3 Å². The van der Waals surface area contributed by atoms with E-state index in [0.717, 1.165) is 5.57 Å². The highest BCUT2D eigenvalue weighted by Crippen LogP contribution is 2.27. The molecule has 0 aromatic rings. The van der Waals surface area contributed by atoms with Gasteiger partial charge in [-0.2, -0.15) is 0 Å². The highest BCUT2D eigenvalue weighted by Gasteiger charge is 2.28. The van der Waals surface area contributed by atoms with Crippen molar-refractivity contribution in [3.8, 4) is 0 Å². The zero-order valence-corrected chi connectivity index (χ0v) is 12.4. The van der Waals surface area contributed by atoms with E-state index in [-0.39, 0.29) is 12.6 Å². The van der Waals surface area contributed by atoms with Gasteiger partial charge < -0.3 is 14.0 Å². The van der Waals surface area contributed by atoms with Crippen LogP contribution < -0.4 is 5.32 Å². The monoisotopic (exact) mass is 299 g/mol. The third kappa shape index (κ3) is 4.03. The predicted molar refractivity (Wildman–Crippen MR) is 76.3 cm³/mol. The summed E-state index contributed by atoms with van der Waals surface area (Å²) < 4.78 is 23.9. The molecule has 112 valence electrons. The summed E-state index contributed by atoms with van der Waals surface area (Å²) in [6.45, 7) is 7.12. The number of carboxylic acid groups (broad SMARTS) is 1. The van der Waals surface area contributed by atoms with Gasteiger partial charge in [0, 0.05) is 29.6 Å². The van der Waals surface area contributed by atoms with E-state index in [1.165, 1.54) is 11.2 Å². The summed E-state index contributed by atoms with van der Waals surface area (Å²) in [7, 11) is 0. The van der Waals surface area contributed by atoms with E-state index < -0.39 is 23.3 Å². The molecule has 0 aromatic carbocycles. The lowest BCUT2D eigenvalue weighted by molar-refractivity contribution is -0.139. The highest BCUT2D eigenvalue weighted by atomic mass is 32.2. The van der Waals surface area contributed by atoms with Crippen molar-refractivity contribution < 1.29 is 18.7 Å². The number of hydrogen-bond donors (Lipinski definition) is 2. The Labute approximate surface area is 121 Å². The topological polar surface area (TPSA) is 92.7 Å². The Morgan fingerprint density at radius 1 is 1.70 bits per heavy atom. The van der Waals surface area contributed by atoms with E-state index in [2.05, 4.69) is 11.9 Å².